The number of nitrogens with one attached hydrogen (secondary N) is 1. The molecular formula is C11H16N6O4S. The molecule has 120 valence electrons. The minimum Gasteiger partial charge on any atom is -0.546 e. The van der Waals surface area contributed by atoms with Crippen LogP contribution in [0.1, 0.15) is 17.4 Å². The van der Waals surface area contributed by atoms with Crippen molar-refractivity contribution in [3.63, 3.8) is 0 Å². The van der Waals surface area contributed by atoms with Crippen molar-refractivity contribution in [3.8, 4) is 11.6 Å². The summed E-state index contributed by atoms with van der Waals surface area (Å²) < 4.78 is 25.2. The predicted octanol–water partition coefficient (Wildman–Crippen LogP) is 0.487. The highest BCUT2D eigenvalue weighted by atomic mass is 32.2. The standard InChI is InChI=1S/C11H16N6O4S/c1-5-21-10-9(14-22(20)15-10)12-8-7(18)6(17(4)13-8)11(19)16(2)3/h18H,5H2,1-4H3,(H,12,13,14). The lowest BCUT2D eigenvalue weighted by Crippen LogP contribution is -2.24. The highest BCUT2D eigenvalue weighted by molar-refractivity contribution is 7.14. The Labute approximate surface area is 129 Å². The molecule has 11 heteroatoms. The van der Waals surface area contributed by atoms with E-state index in [1.54, 1.807) is 21.0 Å². The number of rotatable bonds is 5. The van der Waals surface area contributed by atoms with E-state index in [9.17, 15) is 14.5 Å². The van der Waals surface area contributed by atoms with E-state index in [4.69, 9.17) is 4.74 Å². The van der Waals surface area contributed by atoms with Crippen LogP contribution in [0.2, 0.25) is 0 Å². The average molecular weight is 328 g/mol. The Kier molecular flexibility index (Phi) is 4.47. The van der Waals surface area contributed by atoms with Gasteiger partial charge in [-0.05, 0) is 6.92 Å². The monoisotopic (exact) mass is 328 g/mol. The van der Waals surface area contributed by atoms with E-state index >= 15 is 0 Å². The maximum absolute atomic E-state index is 12.0. The van der Waals surface area contributed by atoms with Crippen molar-refractivity contribution >= 4 is 28.7 Å². The fourth-order valence-corrected chi connectivity index (χ4v) is 2.32. The molecule has 10 nitrogen and oxygen atoms in total. The van der Waals surface area contributed by atoms with Crippen LogP contribution in [0.15, 0.2) is 0 Å². The van der Waals surface area contributed by atoms with E-state index in [0.717, 1.165) is 0 Å². The maximum atomic E-state index is 12.0. The topological polar surface area (TPSA) is 128 Å². The zero-order valence-electron chi connectivity index (χ0n) is 12.5. The van der Waals surface area contributed by atoms with Crippen LogP contribution in [0.4, 0.5) is 11.6 Å². The molecule has 1 unspecified atom stereocenters. The number of carbonyl (C=O) groups is 1. The van der Waals surface area contributed by atoms with Crippen LogP contribution < -0.4 is 10.1 Å². The summed E-state index contributed by atoms with van der Waals surface area (Å²) in [7, 11) is 4.64. The van der Waals surface area contributed by atoms with Gasteiger partial charge in [-0.3, -0.25) is 9.48 Å². The first-order valence-corrected chi connectivity index (χ1v) is 7.38. The quantitative estimate of drug-likeness (QED) is 0.759. The third-order valence-electron chi connectivity index (χ3n) is 2.68. The van der Waals surface area contributed by atoms with E-state index in [-0.39, 0.29) is 29.0 Å². The average Bonchev–Trinajstić information content (AvgIpc) is 2.91. The number of hydrogen-bond acceptors (Lipinski definition) is 8. The molecule has 0 fully saturated rings. The van der Waals surface area contributed by atoms with Crippen molar-refractivity contribution in [2.75, 3.05) is 26.0 Å². The molecule has 0 radical (unpaired) electrons. The van der Waals surface area contributed by atoms with Crippen LogP contribution >= 0.6 is 11.1 Å². The molecule has 0 spiro atoms. The molecular weight excluding hydrogens is 312 g/mol. The lowest BCUT2D eigenvalue weighted by atomic mass is 10.3. The molecule has 0 aliphatic carbocycles. The summed E-state index contributed by atoms with van der Waals surface area (Å²) in [5.41, 5.74) is 0.0159. The van der Waals surface area contributed by atoms with Crippen molar-refractivity contribution in [2.24, 2.45) is 7.05 Å². The van der Waals surface area contributed by atoms with Gasteiger partial charge in [0.2, 0.25) is 0 Å². The third-order valence-corrected chi connectivity index (χ3v) is 3.34. The van der Waals surface area contributed by atoms with Crippen molar-refractivity contribution in [1.82, 2.24) is 23.4 Å². The van der Waals surface area contributed by atoms with Crippen LogP contribution in [0, 0.1) is 0 Å². The van der Waals surface area contributed by atoms with Crippen LogP contribution in [0.3, 0.4) is 0 Å². The zero-order valence-corrected chi connectivity index (χ0v) is 13.3. The Balaban J connectivity index is 2.35. The van der Waals surface area contributed by atoms with Gasteiger partial charge in [0.1, 0.15) is 0 Å². The molecule has 0 saturated carbocycles. The van der Waals surface area contributed by atoms with Crippen molar-refractivity contribution in [3.05, 3.63) is 5.69 Å². The molecule has 1 atom stereocenters. The Morgan fingerprint density at radius 2 is 2.14 bits per heavy atom. The van der Waals surface area contributed by atoms with Gasteiger partial charge in [0, 0.05) is 29.9 Å². The summed E-state index contributed by atoms with van der Waals surface area (Å²) in [5.74, 6) is -0.602. The number of aromatic nitrogens is 4. The summed E-state index contributed by atoms with van der Waals surface area (Å²) in [6, 6.07) is 0. The lowest BCUT2D eigenvalue weighted by Gasteiger charge is -2.09. The molecule has 2 N–H and O–H groups in total. The largest absolute Gasteiger partial charge is 0.546 e. The number of nitrogens with zero attached hydrogens (tertiary/aromatic N) is 5. The van der Waals surface area contributed by atoms with E-state index in [1.165, 1.54) is 16.6 Å². The fourth-order valence-electron chi connectivity index (χ4n) is 1.72. The number of ether oxygens (including phenoxy) is 1. The second-order valence-corrected chi connectivity index (χ2v) is 5.32. The van der Waals surface area contributed by atoms with Gasteiger partial charge in [-0.25, -0.2) is 0 Å². The van der Waals surface area contributed by atoms with Crippen LogP contribution in [0.25, 0.3) is 0 Å². The third kappa shape index (κ3) is 2.94. The van der Waals surface area contributed by atoms with Gasteiger partial charge >= 0.3 is 5.88 Å². The Morgan fingerprint density at radius 3 is 2.73 bits per heavy atom. The molecule has 0 aromatic carbocycles. The number of anilines is 2. The smallest absolute Gasteiger partial charge is 0.318 e. The Hall–Kier alpha value is -2.40. The van der Waals surface area contributed by atoms with Crippen LogP contribution in [-0.2, 0) is 7.05 Å². The summed E-state index contributed by atoms with van der Waals surface area (Å²) in [4.78, 5) is 13.3. The second-order valence-electron chi connectivity index (χ2n) is 4.49. The number of amides is 1. The highest BCUT2D eigenvalue weighted by Crippen LogP contribution is 2.33. The maximum Gasteiger partial charge on any atom is 0.318 e. The zero-order chi connectivity index (χ0) is 16.4. The van der Waals surface area contributed by atoms with E-state index in [2.05, 4.69) is 19.2 Å². The summed E-state index contributed by atoms with van der Waals surface area (Å²) in [6.07, 6.45) is 0. The van der Waals surface area contributed by atoms with Crippen molar-refractivity contribution < 1.29 is 19.2 Å². The molecule has 2 heterocycles. The van der Waals surface area contributed by atoms with Gasteiger partial charge in [-0.15, -0.1) is 0 Å². The van der Waals surface area contributed by atoms with E-state index in [0.29, 0.717) is 6.61 Å². The van der Waals surface area contributed by atoms with Crippen molar-refractivity contribution in [2.45, 2.75) is 6.92 Å². The number of aromatic hydroxyl groups is 1. The first-order valence-electron chi connectivity index (χ1n) is 6.32. The van der Waals surface area contributed by atoms with Gasteiger partial charge in [-0.1, -0.05) is 0 Å². The van der Waals surface area contributed by atoms with Gasteiger partial charge in [0.15, 0.2) is 28.4 Å². The molecule has 0 bridgehead atoms. The number of hydrogen-bond donors (Lipinski definition) is 2. The molecule has 2 aromatic rings. The molecule has 2 aromatic heterocycles. The molecule has 0 aliphatic heterocycles. The van der Waals surface area contributed by atoms with Crippen molar-refractivity contribution in [1.29, 1.82) is 0 Å². The van der Waals surface area contributed by atoms with Crippen LogP contribution in [-0.4, -0.2) is 59.7 Å². The summed E-state index contributed by atoms with van der Waals surface area (Å²) in [6.45, 7) is 2.06. The molecule has 22 heavy (non-hydrogen) atoms. The molecule has 2 rings (SSSR count). The number of carbonyl (C=O) groups excluding carboxylic acids is 1. The first-order chi connectivity index (χ1) is 10.3. The second kappa shape index (κ2) is 6.15. The van der Waals surface area contributed by atoms with Gasteiger partial charge in [0.25, 0.3) is 11.7 Å². The van der Waals surface area contributed by atoms with E-state index in [1.807, 2.05) is 0 Å². The Morgan fingerprint density at radius 1 is 1.45 bits per heavy atom. The van der Waals surface area contributed by atoms with E-state index < -0.39 is 17.0 Å². The number of aryl methyl sites for hydroxylation is 1. The van der Waals surface area contributed by atoms with Gasteiger partial charge < -0.3 is 24.6 Å². The fraction of sp³-hybridized carbons (Fsp3) is 0.455. The highest BCUT2D eigenvalue weighted by Gasteiger charge is 2.26. The van der Waals surface area contributed by atoms with Crippen LogP contribution in [0.5, 0.6) is 11.6 Å². The molecule has 1 amide bonds. The molecule has 0 aliphatic rings. The summed E-state index contributed by atoms with van der Waals surface area (Å²) >= 11 is -1.78. The first kappa shape index (κ1) is 16.0. The Bertz CT molecular complexity index is 695. The van der Waals surface area contributed by atoms with Gasteiger partial charge in [0.05, 0.1) is 6.61 Å². The van der Waals surface area contributed by atoms with Gasteiger partial charge in [-0.2, -0.15) is 5.10 Å². The SMILES string of the molecule is CCOc1n[s+]([O-])nc1Nc1nn(C)c(C(=O)N(C)C)c1O. The lowest BCUT2D eigenvalue weighted by molar-refractivity contribution is 0.0814. The minimum atomic E-state index is -1.78. The summed E-state index contributed by atoms with van der Waals surface area (Å²) in [5, 5.41) is 16.9. The predicted molar refractivity (Wildman–Crippen MR) is 78.0 cm³/mol. The molecule has 0 saturated heterocycles. The normalized spacial score (nSPS) is 11.4. The minimum absolute atomic E-state index is 0.00208.